The average molecular weight is 440 g/mol. The number of benzene rings is 1. The zero-order chi connectivity index (χ0) is 22.4. The molecule has 10 nitrogen and oxygen atoms in total. The van der Waals surface area contributed by atoms with Gasteiger partial charge in [-0.05, 0) is 52.8 Å². The first-order valence-corrected chi connectivity index (χ1v) is 11.1. The van der Waals surface area contributed by atoms with Gasteiger partial charge in [0.2, 0.25) is 10.0 Å². The van der Waals surface area contributed by atoms with Gasteiger partial charge < -0.3 is 14.8 Å². The van der Waals surface area contributed by atoms with Crippen LogP contribution in [0, 0.1) is 0 Å². The second kappa shape index (κ2) is 10.1. The molecule has 11 heteroatoms. The number of nitrogens with one attached hydrogen (secondary N) is 2. The summed E-state index contributed by atoms with van der Waals surface area (Å²) >= 11 is 0. The molecule has 30 heavy (non-hydrogen) atoms. The lowest BCUT2D eigenvalue weighted by Crippen LogP contribution is -2.40. The van der Waals surface area contributed by atoms with Gasteiger partial charge in [0.15, 0.2) is 12.0 Å². The Balaban J connectivity index is 2.09. The Kier molecular flexibility index (Phi) is 8.07. The molecule has 0 saturated heterocycles. The van der Waals surface area contributed by atoms with Gasteiger partial charge >= 0.3 is 0 Å². The van der Waals surface area contributed by atoms with Crippen LogP contribution < -0.4 is 10.0 Å². The van der Waals surface area contributed by atoms with E-state index in [2.05, 4.69) is 20.4 Å². The first kappa shape index (κ1) is 23.9. The quantitative estimate of drug-likeness (QED) is 0.543. The van der Waals surface area contributed by atoms with Gasteiger partial charge in [-0.3, -0.25) is 4.79 Å². The van der Waals surface area contributed by atoms with E-state index in [4.69, 9.17) is 9.47 Å². The fourth-order valence-electron chi connectivity index (χ4n) is 2.57. The number of amides is 1. The molecule has 0 saturated carbocycles. The Morgan fingerprint density at radius 1 is 1.20 bits per heavy atom. The van der Waals surface area contributed by atoms with Crippen LogP contribution in [0.3, 0.4) is 0 Å². The monoisotopic (exact) mass is 439 g/mol. The Bertz CT molecular complexity index is 946. The highest BCUT2D eigenvalue weighted by Crippen LogP contribution is 2.18. The van der Waals surface area contributed by atoms with Crippen molar-refractivity contribution < 1.29 is 22.7 Å². The van der Waals surface area contributed by atoms with Crippen LogP contribution >= 0.6 is 0 Å². The molecule has 0 radical (unpaired) electrons. The molecule has 2 N–H and O–H groups in total. The van der Waals surface area contributed by atoms with Crippen molar-refractivity contribution in [1.29, 1.82) is 0 Å². The number of carbonyl (C=O) groups is 1. The third-order valence-electron chi connectivity index (χ3n) is 3.66. The standard InChI is InChI=1S/C19H29N5O5S/c1-6-28-17(29-7-2)13-24-12-16(21-23-24)18(25)20-14-9-8-10-15(11-14)30(26,27)22-19(3,4)5/h8-12,17,22H,6-7,13H2,1-5H3,(H,20,25). The first-order valence-electron chi connectivity index (χ1n) is 9.62. The molecule has 0 aliphatic heterocycles. The molecule has 2 aromatic rings. The summed E-state index contributed by atoms with van der Waals surface area (Å²) in [5, 5.41) is 10.4. The van der Waals surface area contributed by atoms with Crippen molar-refractivity contribution in [1.82, 2.24) is 19.7 Å². The van der Waals surface area contributed by atoms with Gasteiger partial charge in [-0.1, -0.05) is 11.3 Å². The van der Waals surface area contributed by atoms with E-state index in [0.29, 0.717) is 18.9 Å². The van der Waals surface area contributed by atoms with Gasteiger partial charge in [-0.15, -0.1) is 5.10 Å². The minimum atomic E-state index is -3.72. The minimum absolute atomic E-state index is 0.0511. The molecule has 2 rings (SSSR count). The summed E-state index contributed by atoms with van der Waals surface area (Å²) in [6, 6.07) is 6.00. The molecule has 1 aromatic heterocycles. The maximum absolute atomic E-state index is 12.5. The smallest absolute Gasteiger partial charge is 0.277 e. The summed E-state index contributed by atoms with van der Waals surface area (Å²) in [7, 11) is -3.72. The zero-order valence-corrected chi connectivity index (χ0v) is 18.7. The summed E-state index contributed by atoms with van der Waals surface area (Å²) in [6.45, 7) is 10.2. The van der Waals surface area contributed by atoms with Gasteiger partial charge in [-0.2, -0.15) is 0 Å². The van der Waals surface area contributed by atoms with Crippen molar-refractivity contribution in [3.05, 3.63) is 36.2 Å². The van der Waals surface area contributed by atoms with Crippen molar-refractivity contribution in [3.63, 3.8) is 0 Å². The van der Waals surface area contributed by atoms with Crippen LogP contribution in [-0.2, 0) is 26.0 Å². The van der Waals surface area contributed by atoms with Crippen molar-refractivity contribution >= 4 is 21.6 Å². The number of nitrogens with zero attached hydrogens (tertiary/aromatic N) is 3. The second-order valence-electron chi connectivity index (χ2n) is 7.50. The van der Waals surface area contributed by atoms with E-state index in [9.17, 15) is 13.2 Å². The first-order chi connectivity index (χ1) is 14.0. The van der Waals surface area contributed by atoms with Crippen LogP contribution in [0.4, 0.5) is 5.69 Å². The van der Waals surface area contributed by atoms with E-state index >= 15 is 0 Å². The molecule has 1 aromatic carbocycles. The molecule has 0 aliphatic rings. The maximum Gasteiger partial charge on any atom is 0.277 e. The van der Waals surface area contributed by atoms with Crippen LogP contribution in [0.1, 0.15) is 45.1 Å². The molecule has 1 amide bonds. The van der Waals surface area contributed by atoms with Crippen LogP contribution in [0.15, 0.2) is 35.4 Å². The molecular weight excluding hydrogens is 410 g/mol. The highest BCUT2D eigenvalue weighted by atomic mass is 32.2. The lowest BCUT2D eigenvalue weighted by molar-refractivity contribution is -0.145. The number of anilines is 1. The van der Waals surface area contributed by atoms with Crippen LogP contribution in [-0.4, -0.2) is 54.4 Å². The molecule has 0 aliphatic carbocycles. The third-order valence-corrected chi connectivity index (χ3v) is 5.41. The van der Waals surface area contributed by atoms with Crippen molar-refractivity contribution in [2.24, 2.45) is 0 Å². The maximum atomic E-state index is 12.5. The van der Waals surface area contributed by atoms with E-state index in [1.54, 1.807) is 32.9 Å². The van der Waals surface area contributed by atoms with E-state index in [0.717, 1.165) is 0 Å². The predicted octanol–water partition coefficient (Wildman–Crippen LogP) is 2.01. The van der Waals surface area contributed by atoms with Crippen molar-refractivity contribution in [3.8, 4) is 0 Å². The Morgan fingerprint density at radius 3 is 2.47 bits per heavy atom. The fraction of sp³-hybridized carbons (Fsp3) is 0.526. The third kappa shape index (κ3) is 7.17. The van der Waals surface area contributed by atoms with Gasteiger partial charge in [0.1, 0.15) is 0 Å². The minimum Gasteiger partial charge on any atom is -0.351 e. The number of hydrogen-bond acceptors (Lipinski definition) is 7. The van der Waals surface area contributed by atoms with Gasteiger partial charge in [-0.25, -0.2) is 17.8 Å². The number of sulfonamides is 1. The fourth-order valence-corrected chi connectivity index (χ4v) is 4.03. The molecule has 0 fully saturated rings. The second-order valence-corrected chi connectivity index (χ2v) is 9.19. The normalized spacial score (nSPS) is 12.3. The highest BCUT2D eigenvalue weighted by Gasteiger charge is 2.22. The van der Waals surface area contributed by atoms with Gasteiger partial charge in [0.25, 0.3) is 5.91 Å². The Morgan fingerprint density at radius 2 is 1.87 bits per heavy atom. The predicted molar refractivity (Wildman–Crippen MR) is 112 cm³/mol. The van der Waals surface area contributed by atoms with E-state index in [1.165, 1.54) is 23.0 Å². The number of hydrogen-bond donors (Lipinski definition) is 2. The summed E-state index contributed by atoms with van der Waals surface area (Å²) in [4.78, 5) is 12.6. The van der Waals surface area contributed by atoms with E-state index in [-0.39, 0.29) is 17.1 Å². The number of aromatic nitrogens is 3. The topological polar surface area (TPSA) is 124 Å². The number of rotatable bonds is 10. The number of carbonyl (C=O) groups excluding carboxylic acids is 1. The molecule has 0 unspecified atom stereocenters. The van der Waals surface area contributed by atoms with E-state index in [1.807, 2.05) is 13.8 Å². The highest BCUT2D eigenvalue weighted by molar-refractivity contribution is 7.89. The SMILES string of the molecule is CCOC(Cn1cc(C(=O)Nc2cccc(S(=O)(=O)NC(C)(C)C)c2)nn1)OCC. The van der Waals surface area contributed by atoms with Crippen molar-refractivity contribution in [2.75, 3.05) is 18.5 Å². The Labute approximate surface area is 177 Å². The van der Waals surface area contributed by atoms with Gasteiger partial charge in [0.05, 0.1) is 17.6 Å². The lowest BCUT2D eigenvalue weighted by Gasteiger charge is -2.20. The molecular formula is C19H29N5O5S. The van der Waals surface area contributed by atoms with Gasteiger partial charge in [0, 0.05) is 24.4 Å². The zero-order valence-electron chi connectivity index (χ0n) is 17.9. The van der Waals surface area contributed by atoms with Crippen LogP contribution in [0.25, 0.3) is 0 Å². The molecule has 1 heterocycles. The molecule has 0 atom stereocenters. The molecule has 0 spiro atoms. The van der Waals surface area contributed by atoms with Crippen molar-refractivity contribution in [2.45, 2.75) is 57.9 Å². The molecule has 0 bridgehead atoms. The average Bonchev–Trinajstić information content (AvgIpc) is 3.09. The lowest BCUT2D eigenvalue weighted by atomic mass is 10.1. The van der Waals surface area contributed by atoms with Crippen LogP contribution in [0.2, 0.25) is 0 Å². The molecule has 166 valence electrons. The summed E-state index contributed by atoms with van der Waals surface area (Å²) in [5.41, 5.74) is -0.215. The van der Waals surface area contributed by atoms with E-state index < -0.39 is 27.8 Å². The summed E-state index contributed by atoms with van der Waals surface area (Å²) < 4.78 is 39.9. The number of ether oxygens (including phenoxy) is 2. The summed E-state index contributed by atoms with van der Waals surface area (Å²) in [6.07, 6.45) is 0.983. The Hall–Kier alpha value is -2.34. The summed E-state index contributed by atoms with van der Waals surface area (Å²) in [5.74, 6) is -0.510. The largest absolute Gasteiger partial charge is 0.351 e. The van der Waals surface area contributed by atoms with Crippen LogP contribution in [0.5, 0.6) is 0 Å².